The van der Waals surface area contributed by atoms with Gasteiger partial charge in [0.05, 0.1) is 25.0 Å². The third-order valence-electron chi connectivity index (χ3n) is 3.75. The van der Waals surface area contributed by atoms with Crippen LogP contribution in [0.1, 0.15) is 32.3 Å². The van der Waals surface area contributed by atoms with Gasteiger partial charge >= 0.3 is 0 Å². The number of aromatic nitrogens is 1. The fourth-order valence-electron chi connectivity index (χ4n) is 2.63. The van der Waals surface area contributed by atoms with Crippen LogP contribution in [0.5, 0.6) is 5.75 Å². The van der Waals surface area contributed by atoms with Gasteiger partial charge in [-0.1, -0.05) is 13.3 Å². The van der Waals surface area contributed by atoms with Crippen molar-refractivity contribution in [1.29, 1.82) is 0 Å². The molecule has 1 aromatic heterocycles. The zero-order valence-electron chi connectivity index (χ0n) is 14.3. The molecule has 5 nitrogen and oxygen atoms in total. The van der Waals surface area contributed by atoms with Gasteiger partial charge in [0.25, 0.3) is 10.1 Å². The number of rotatable bonds is 9. The maximum absolute atomic E-state index is 13.9. The van der Waals surface area contributed by atoms with Crippen LogP contribution in [0.15, 0.2) is 18.3 Å². The van der Waals surface area contributed by atoms with Crippen molar-refractivity contribution >= 4 is 21.0 Å². The summed E-state index contributed by atoms with van der Waals surface area (Å²) in [6.45, 7) is 5.28. The highest BCUT2D eigenvalue weighted by molar-refractivity contribution is 7.85. The van der Waals surface area contributed by atoms with E-state index >= 15 is 0 Å². The summed E-state index contributed by atoms with van der Waals surface area (Å²) < 4.78 is 48.7. The van der Waals surface area contributed by atoms with Crippen LogP contribution in [0, 0.1) is 5.82 Å². The van der Waals surface area contributed by atoms with Crippen LogP contribution >= 0.6 is 0 Å². The first-order valence-electron chi connectivity index (χ1n) is 8.14. The molecule has 0 radical (unpaired) electrons. The third-order valence-corrected chi connectivity index (χ3v) is 4.35. The number of ether oxygens (including phenoxy) is 1. The molecule has 7 heteroatoms. The summed E-state index contributed by atoms with van der Waals surface area (Å²) in [5, 5.41) is 0.825. The van der Waals surface area contributed by atoms with E-state index < -0.39 is 10.1 Å². The molecule has 0 aliphatic rings. The highest BCUT2D eigenvalue weighted by Gasteiger charge is 2.16. The van der Waals surface area contributed by atoms with E-state index in [0.717, 1.165) is 35.6 Å². The van der Waals surface area contributed by atoms with Gasteiger partial charge in [-0.25, -0.2) is 4.39 Å². The summed E-state index contributed by atoms with van der Waals surface area (Å²) in [5.41, 5.74) is 1.64. The molecular formula is C17H24FNO4S. The third kappa shape index (κ3) is 4.70. The Morgan fingerprint density at radius 3 is 2.58 bits per heavy atom. The van der Waals surface area contributed by atoms with E-state index in [9.17, 15) is 12.8 Å². The first-order chi connectivity index (χ1) is 11.4. The topological polar surface area (TPSA) is 57.5 Å². The van der Waals surface area contributed by atoms with Gasteiger partial charge in [-0.15, -0.1) is 0 Å². The predicted molar refractivity (Wildman–Crippen MR) is 92.5 cm³/mol. The van der Waals surface area contributed by atoms with Gasteiger partial charge in [-0.2, -0.15) is 8.42 Å². The quantitative estimate of drug-likeness (QED) is 0.509. The van der Waals surface area contributed by atoms with Crippen LogP contribution in [0.4, 0.5) is 4.39 Å². The molecule has 1 heterocycles. The first-order valence-corrected chi connectivity index (χ1v) is 9.95. The average molecular weight is 357 g/mol. The van der Waals surface area contributed by atoms with E-state index in [1.807, 2.05) is 17.7 Å². The van der Waals surface area contributed by atoms with Gasteiger partial charge in [0.15, 0.2) is 0 Å². The molecular weight excluding hydrogens is 333 g/mol. The molecule has 0 amide bonds. The van der Waals surface area contributed by atoms with E-state index in [4.69, 9.17) is 8.92 Å². The van der Waals surface area contributed by atoms with Crippen molar-refractivity contribution in [3.8, 4) is 5.75 Å². The van der Waals surface area contributed by atoms with Crippen LogP contribution in [-0.4, -0.2) is 32.5 Å². The molecule has 0 aliphatic heterocycles. The summed E-state index contributed by atoms with van der Waals surface area (Å²) in [6, 6.07) is 2.87. The predicted octanol–water partition coefficient (Wildman–Crippen LogP) is 3.50. The van der Waals surface area contributed by atoms with Crippen molar-refractivity contribution < 1.29 is 21.7 Å². The lowest BCUT2D eigenvalue weighted by Gasteiger charge is -2.10. The van der Waals surface area contributed by atoms with Crippen LogP contribution in [-0.2, 0) is 27.3 Å². The fraction of sp³-hybridized carbons (Fsp3) is 0.529. The number of halogens is 1. The molecule has 0 spiro atoms. The Morgan fingerprint density at radius 2 is 1.96 bits per heavy atom. The summed E-state index contributed by atoms with van der Waals surface area (Å²) in [4.78, 5) is 0. The maximum atomic E-state index is 13.9. The molecule has 1 aromatic carbocycles. The second-order valence-electron chi connectivity index (χ2n) is 5.72. The van der Waals surface area contributed by atoms with E-state index in [0.29, 0.717) is 25.3 Å². The Bertz CT molecular complexity index is 799. The highest BCUT2D eigenvalue weighted by atomic mass is 32.2. The summed E-state index contributed by atoms with van der Waals surface area (Å²) in [7, 11) is -3.48. The molecule has 2 aromatic rings. The molecule has 0 saturated carbocycles. The van der Waals surface area contributed by atoms with Crippen molar-refractivity contribution in [3.63, 3.8) is 0 Å². The molecule has 24 heavy (non-hydrogen) atoms. The molecule has 0 aliphatic carbocycles. The number of hydrogen-bond donors (Lipinski definition) is 0. The molecule has 0 saturated heterocycles. The van der Waals surface area contributed by atoms with E-state index in [1.54, 1.807) is 0 Å². The number of benzene rings is 1. The van der Waals surface area contributed by atoms with E-state index in [1.165, 1.54) is 12.1 Å². The highest BCUT2D eigenvalue weighted by Crippen LogP contribution is 2.32. The van der Waals surface area contributed by atoms with Gasteiger partial charge in [0, 0.05) is 24.2 Å². The minimum Gasteiger partial charge on any atom is -0.493 e. The van der Waals surface area contributed by atoms with Gasteiger partial charge in [-0.3, -0.25) is 4.18 Å². The average Bonchev–Trinajstić information content (AvgIpc) is 2.84. The lowest BCUT2D eigenvalue weighted by Crippen LogP contribution is -2.06. The molecule has 2 rings (SSSR count). The number of unbranched alkanes of at least 4 members (excludes halogenated alkanes) is 1. The van der Waals surface area contributed by atoms with Crippen molar-refractivity contribution in [2.24, 2.45) is 0 Å². The van der Waals surface area contributed by atoms with Crippen LogP contribution < -0.4 is 4.74 Å². The largest absolute Gasteiger partial charge is 0.493 e. The number of fused-ring (bicyclic) bond motifs is 1. The Labute approximate surface area is 142 Å². The van der Waals surface area contributed by atoms with E-state index in [2.05, 4.69) is 6.92 Å². The van der Waals surface area contributed by atoms with Gasteiger partial charge in [-0.05, 0) is 31.4 Å². The molecule has 134 valence electrons. The van der Waals surface area contributed by atoms with Crippen molar-refractivity contribution in [3.05, 3.63) is 29.7 Å². The Balaban J connectivity index is 2.38. The Hall–Kier alpha value is -1.60. The maximum Gasteiger partial charge on any atom is 0.264 e. The number of aryl methyl sites for hydroxylation is 1. The van der Waals surface area contributed by atoms with Crippen molar-refractivity contribution in [2.45, 2.75) is 39.7 Å². The standard InChI is InChI=1S/C17H24FNO4S/c1-4-6-8-22-16-11-14(18)10-15-17(16)13(12-19(15)5-2)7-9-23-24(3,20)21/h10-12H,4-9H2,1-3H3. The van der Waals surface area contributed by atoms with Gasteiger partial charge in [0.1, 0.15) is 11.6 Å². The van der Waals surface area contributed by atoms with Crippen molar-refractivity contribution in [1.82, 2.24) is 4.57 Å². The second kappa shape index (κ2) is 7.98. The molecule has 0 fully saturated rings. The van der Waals surface area contributed by atoms with Crippen molar-refractivity contribution in [2.75, 3.05) is 19.5 Å². The molecule has 0 atom stereocenters. The van der Waals surface area contributed by atoms with Crippen LogP contribution in [0.3, 0.4) is 0 Å². The lowest BCUT2D eigenvalue weighted by molar-refractivity contribution is 0.311. The normalized spacial score (nSPS) is 12.0. The lowest BCUT2D eigenvalue weighted by atomic mass is 10.1. The van der Waals surface area contributed by atoms with Gasteiger partial charge < -0.3 is 9.30 Å². The Kier molecular flexibility index (Phi) is 6.23. The molecule has 0 N–H and O–H groups in total. The first kappa shape index (κ1) is 18.7. The SMILES string of the molecule is CCCCOc1cc(F)cc2c1c(CCOS(C)(=O)=O)cn2CC. The zero-order valence-corrected chi connectivity index (χ0v) is 15.2. The summed E-state index contributed by atoms with van der Waals surface area (Å²) in [6.07, 6.45) is 5.22. The minimum absolute atomic E-state index is 0.0490. The number of hydrogen-bond acceptors (Lipinski definition) is 4. The monoisotopic (exact) mass is 357 g/mol. The van der Waals surface area contributed by atoms with E-state index in [-0.39, 0.29) is 12.4 Å². The molecule has 0 unspecified atom stereocenters. The van der Waals surface area contributed by atoms with Crippen LogP contribution in [0.25, 0.3) is 10.9 Å². The summed E-state index contributed by atoms with van der Waals surface area (Å²) >= 11 is 0. The minimum atomic E-state index is -3.48. The smallest absolute Gasteiger partial charge is 0.264 e. The fourth-order valence-corrected chi connectivity index (χ4v) is 3.02. The second-order valence-corrected chi connectivity index (χ2v) is 7.36. The van der Waals surface area contributed by atoms with Crippen LogP contribution in [0.2, 0.25) is 0 Å². The number of nitrogens with zero attached hydrogens (tertiary/aromatic N) is 1. The van der Waals surface area contributed by atoms with Gasteiger partial charge in [0.2, 0.25) is 0 Å². The zero-order chi connectivity index (χ0) is 17.7. The molecule has 0 bridgehead atoms. The Morgan fingerprint density at radius 1 is 1.21 bits per heavy atom. The summed E-state index contributed by atoms with van der Waals surface area (Å²) in [5.74, 6) is 0.153.